The molecule has 0 fully saturated rings. The van der Waals surface area contributed by atoms with Crippen LogP contribution in [0.25, 0.3) is 17.0 Å². The fourth-order valence-electron chi connectivity index (χ4n) is 1.49. The summed E-state index contributed by atoms with van der Waals surface area (Å²) in [6, 6.07) is 5.79. The lowest BCUT2D eigenvalue weighted by molar-refractivity contribution is 1.10. The first-order valence-electron chi connectivity index (χ1n) is 4.50. The molecule has 3 aromatic rings. The Morgan fingerprint density at radius 2 is 2.13 bits per heavy atom. The minimum atomic E-state index is 0.594. The Hall–Kier alpha value is -2.30. The Balaban J connectivity index is 2.31. The van der Waals surface area contributed by atoms with Gasteiger partial charge in [0.25, 0.3) is 5.78 Å². The Labute approximate surface area is 85.5 Å². The molecule has 0 aliphatic heterocycles. The van der Waals surface area contributed by atoms with Crippen LogP contribution in [-0.2, 0) is 0 Å². The van der Waals surface area contributed by atoms with Gasteiger partial charge in [-0.25, -0.2) is 4.98 Å². The van der Waals surface area contributed by atoms with E-state index < -0.39 is 0 Å². The number of hydrogen-bond acceptors (Lipinski definition) is 4. The van der Waals surface area contributed by atoms with Gasteiger partial charge in [-0.15, -0.1) is 10.2 Å². The van der Waals surface area contributed by atoms with Gasteiger partial charge < -0.3 is 0 Å². The molecule has 0 radical (unpaired) electrons. The molecule has 3 aromatic heterocycles. The topological polar surface area (TPSA) is 56.0 Å². The molecule has 3 rings (SSSR count). The lowest BCUT2D eigenvalue weighted by Gasteiger charge is -2.02. The molecule has 0 saturated carbocycles. The van der Waals surface area contributed by atoms with E-state index in [4.69, 9.17) is 0 Å². The molecule has 72 valence electrons. The van der Waals surface area contributed by atoms with Gasteiger partial charge in [0.2, 0.25) is 0 Å². The van der Waals surface area contributed by atoms with Crippen molar-refractivity contribution < 1.29 is 0 Å². The Bertz CT molecular complexity index is 587. The fraction of sp³-hybridized carbons (Fsp3) is 0. The molecule has 3 heterocycles. The second-order valence-electron chi connectivity index (χ2n) is 3.07. The summed E-state index contributed by atoms with van der Waals surface area (Å²) in [6.45, 7) is 0. The van der Waals surface area contributed by atoms with E-state index in [1.165, 1.54) is 0 Å². The highest BCUT2D eigenvalue weighted by molar-refractivity contribution is 5.60. The average molecular weight is 197 g/mol. The van der Waals surface area contributed by atoms with Gasteiger partial charge in [0.1, 0.15) is 6.33 Å². The average Bonchev–Trinajstić information content (AvgIpc) is 2.78. The molecule has 0 aliphatic carbocycles. The van der Waals surface area contributed by atoms with Crippen LogP contribution in [0, 0.1) is 0 Å². The van der Waals surface area contributed by atoms with E-state index in [0.717, 1.165) is 11.3 Å². The normalized spacial score (nSPS) is 10.7. The number of rotatable bonds is 1. The molecule has 0 atom stereocenters. The predicted molar refractivity (Wildman–Crippen MR) is 54.0 cm³/mol. The van der Waals surface area contributed by atoms with Crippen molar-refractivity contribution in [3.63, 3.8) is 0 Å². The molecular weight excluding hydrogens is 190 g/mol. The van der Waals surface area contributed by atoms with E-state index in [1.54, 1.807) is 24.9 Å². The van der Waals surface area contributed by atoms with Crippen LogP contribution in [0.1, 0.15) is 0 Å². The summed E-state index contributed by atoms with van der Waals surface area (Å²) >= 11 is 0. The third-order valence-electron chi connectivity index (χ3n) is 2.17. The van der Waals surface area contributed by atoms with E-state index in [-0.39, 0.29) is 0 Å². The number of pyridine rings is 1. The third kappa shape index (κ3) is 1.25. The minimum absolute atomic E-state index is 0.594. The molecule has 0 aromatic carbocycles. The van der Waals surface area contributed by atoms with Gasteiger partial charge in [-0.1, -0.05) is 0 Å². The van der Waals surface area contributed by atoms with Crippen LogP contribution in [0.3, 0.4) is 0 Å². The van der Waals surface area contributed by atoms with Crippen molar-refractivity contribution in [1.29, 1.82) is 0 Å². The molecule has 0 bridgehead atoms. The van der Waals surface area contributed by atoms with Crippen LogP contribution in [0.2, 0.25) is 0 Å². The van der Waals surface area contributed by atoms with E-state index in [2.05, 4.69) is 20.2 Å². The molecule has 5 nitrogen and oxygen atoms in total. The van der Waals surface area contributed by atoms with Crippen LogP contribution >= 0.6 is 0 Å². The molecule has 0 amide bonds. The van der Waals surface area contributed by atoms with E-state index in [0.29, 0.717) is 5.78 Å². The number of nitrogens with zero attached hydrogens (tertiary/aromatic N) is 5. The molecule has 15 heavy (non-hydrogen) atoms. The van der Waals surface area contributed by atoms with Crippen molar-refractivity contribution in [3.05, 3.63) is 43.1 Å². The van der Waals surface area contributed by atoms with Crippen LogP contribution < -0.4 is 0 Å². The molecule has 5 heteroatoms. The van der Waals surface area contributed by atoms with Gasteiger partial charge in [0, 0.05) is 24.2 Å². The molecule has 0 unspecified atom stereocenters. The molecule has 0 saturated heterocycles. The lowest BCUT2D eigenvalue weighted by Crippen LogP contribution is -1.92. The Morgan fingerprint density at radius 1 is 1.13 bits per heavy atom. The summed E-state index contributed by atoms with van der Waals surface area (Å²) in [4.78, 5) is 8.17. The van der Waals surface area contributed by atoms with Gasteiger partial charge in [-0.3, -0.25) is 9.38 Å². The maximum atomic E-state index is 4.10. The summed E-state index contributed by atoms with van der Waals surface area (Å²) in [7, 11) is 0. The Morgan fingerprint density at radius 3 is 3.00 bits per heavy atom. The van der Waals surface area contributed by atoms with Crippen molar-refractivity contribution >= 4 is 5.78 Å². The zero-order chi connectivity index (χ0) is 10.1. The maximum absolute atomic E-state index is 4.10. The molecule has 0 spiro atoms. The standard InChI is InChI=1S/C10H7N5/c1-2-8(6-11-4-1)9-3-5-12-10-14-13-7-15(9)10/h1-7H. The summed E-state index contributed by atoms with van der Waals surface area (Å²) < 4.78 is 1.83. The monoisotopic (exact) mass is 197 g/mol. The summed E-state index contributed by atoms with van der Waals surface area (Å²) in [5.74, 6) is 0.594. The van der Waals surface area contributed by atoms with Crippen LogP contribution in [0.15, 0.2) is 43.1 Å². The Kier molecular flexibility index (Phi) is 1.68. The van der Waals surface area contributed by atoms with Crippen molar-refractivity contribution in [2.24, 2.45) is 0 Å². The molecule has 0 N–H and O–H groups in total. The predicted octanol–water partition coefficient (Wildman–Crippen LogP) is 1.19. The summed E-state index contributed by atoms with van der Waals surface area (Å²) in [5.41, 5.74) is 2.00. The van der Waals surface area contributed by atoms with Crippen molar-refractivity contribution in [1.82, 2.24) is 24.6 Å². The third-order valence-corrected chi connectivity index (χ3v) is 2.17. The summed E-state index contributed by atoms with van der Waals surface area (Å²) in [5, 5.41) is 7.70. The zero-order valence-electron chi connectivity index (χ0n) is 7.78. The first-order valence-corrected chi connectivity index (χ1v) is 4.50. The molecular formula is C10H7N5. The second-order valence-corrected chi connectivity index (χ2v) is 3.07. The van der Waals surface area contributed by atoms with Gasteiger partial charge in [0.05, 0.1) is 5.69 Å². The van der Waals surface area contributed by atoms with Crippen molar-refractivity contribution in [3.8, 4) is 11.3 Å². The SMILES string of the molecule is c1cncc(-c2ccnc3nncn23)c1. The van der Waals surface area contributed by atoms with Crippen molar-refractivity contribution in [2.75, 3.05) is 0 Å². The van der Waals surface area contributed by atoms with Crippen molar-refractivity contribution in [2.45, 2.75) is 0 Å². The molecule has 0 aliphatic rings. The summed E-state index contributed by atoms with van der Waals surface area (Å²) in [6.07, 6.45) is 6.90. The van der Waals surface area contributed by atoms with E-state index >= 15 is 0 Å². The second kappa shape index (κ2) is 3.13. The number of fused-ring (bicyclic) bond motifs is 1. The van der Waals surface area contributed by atoms with E-state index in [9.17, 15) is 0 Å². The fourth-order valence-corrected chi connectivity index (χ4v) is 1.49. The van der Waals surface area contributed by atoms with Crippen LogP contribution in [0.4, 0.5) is 0 Å². The highest BCUT2D eigenvalue weighted by Gasteiger charge is 2.04. The van der Waals surface area contributed by atoms with Gasteiger partial charge in [-0.2, -0.15) is 0 Å². The van der Waals surface area contributed by atoms with Crippen LogP contribution in [0.5, 0.6) is 0 Å². The van der Waals surface area contributed by atoms with Crippen LogP contribution in [-0.4, -0.2) is 24.6 Å². The quantitative estimate of drug-likeness (QED) is 0.588. The lowest BCUT2D eigenvalue weighted by atomic mass is 10.2. The minimum Gasteiger partial charge on any atom is -0.265 e. The highest BCUT2D eigenvalue weighted by Crippen LogP contribution is 2.16. The first-order chi connectivity index (χ1) is 7.45. The number of hydrogen-bond donors (Lipinski definition) is 0. The highest BCUT2D eigenvalue weighted by atomic mass is 15.3. The van der Waals surface area contributed by atoms with Gasteiger partial charge >= 0.3 is 0 Å². The first kappa shape index (κ1) is 8.05. The zero-order valence-corrected chi connectivity index (χ0v) is 7.78. The van der Waals surface area contributed by atoms with E-state index in [1.807, 2.05) is 22.6 Å². The maximum Gasteiger partial charge on any atom is 0.255 e. The number of aromatic nitrogens is 5. The smallest absolute Gasteiger partial charge is 0.255 e. The largest absolute Gasteiger partial charge is 0.265 e. The van der Waals surface area contributed by atoms with Gasteiger partial charge in [0.15, 0.2) is 0 Å². The van der Waals surface area contributed by atoms with Gasteiger partial charge in [-0.05, 0) is 18.2 Å².